The van der Waals surface area contributed by atoms with Gasteiger partial charge in [0.05, 0.1) is 23.9 Å². The summed E-state index contributed by atoms with van der Waals surface area (Å²) in [5.74, 6) is -0.468. The topological polar surface area (TPSA) is 73.6 Å². The van der Waals surface area contributed by atoms with E-state index in [-0.39, 0.29) is 17.2 Å². The molecule has 0 saturated carbocycles. The van der Waals surface area contributed by atoms with E-state index in [1.165, 1.54) is 13.2 Å². The predicted octanol–water partition coefficient (Wildman–Crippen LogP) is 3.25. The number of carbonyl (C=O) groups excluding carboxylic acids is 2. The van der Waals surface area contributed by atoms with Gasteiger partial charge >= 0.3 is 5.97 Å². The molecule has 0 amide bonds. The fraction of sp³-hybridized carbons (Fsp3) is 0.300. The SMILES string of the molecule is COC(=O)c1cccc(C(=O)c2c(CC(C)C)nn3cc(C)ccc23)n1. The van der Waals surface area contributed by atoms with E-state index in [9.17, 15) is 9.59 Å². The molecule has 6 heteroatoms. The summed E-state index contributed by atoms with van der Waals surface area (Å²) >= 11 is 0. The Labute approximate surface area is 151 Å². The molecule has 3 aromatic heterocycles. The van der Waals surface area contributed by atoms with Gasteiger partial charge in [-0.1, -0.05) is 26.0 Å². The van der Waals surface area contributed by atoms with Crippen molar-refractivity contribution in [3.05, 3.63) is 64.7 Å². The van der Waals surface area contributed by atoms with Gasteiger partial charge in [-0.3, -0.25) is 4.79 Å². The van der Waals surface area contributed by atoms with Crippen molar-refractivity contribution in [2.75, 3.05) is 7.11 Å². The first-order valence-electron chi connectivity index (χ1n) is 8.48. The average Bonchev–Trinajstić information content (AvgIpc) is 2.96. The molecule has 0 aliphatic carbocycles. The van der Waals surface area contributed by atoms with Gasteiger partial charge in [-0.05, 0) is 43.0 Å². The van der Waals surface area contributed by atoms with Crippen molar-refractivity contribution in [2.24, 2.45) is 5.92 Å². The van der Waals surface area contributed by atoms with E-state index in [1.807, 2.05) is 25.3 Å². The van der Waals surface area contributed by atoms with Crippen LogP contribution in [0.15, 0.2) is 36.5 Å². The van der Waals surface area contributed by atoms with Crippen molar-refractivity contribution < 1.29 is 14.3 Å². The maximum atomic E-state index is 13.2. The first-order chi connectivity index (χ1) is 12.4. The van der Waals surface area contributed by atoms with Crippen molar-refractivity contribution in [2.45, 2.75) is 27.2 Å². The molecule has 0 aromatic carbocycles. The molecule has 0 N–H and O–H groups in total. The second-order valence-corrected chi connectivity index (χ2v) is 6.68. The van der Waals surface area contributed by atoms with Crippen LogP contribution in [-0.2, 0) is 11.2 Å². The average molecular weight is 351 g/mol. The molecule has 0 radical (unpaired) electrons. The number of nitrogens with zero attached hydrogens (tertiary/aromatic N) is 3. The normalized spacial score (nSPS) is 11.1. The van der Waals surface area contributed by atoms with Crippen LogP contribution in [0.1, 0.15) is 51.6 Å². The molecule has 0 fully saturated rings. The number of aromatic nitrogens is 3. The summed E-state index contributed by atoms with van der Waals surface area (Å²) < 4.78 is 6.43. The van der Waals surface area contributed by atoms with Crippen LogP contribution < -0.4 is 0 Å². The molecule has 26 heavy (non-hydrogen) atoms. The second kappa shape index (κ2) is 7.07. The van der Waals surface area contributed by atoms with Gasteiger partial charge in [0.2, 0.25) is 5.78 Å². The third-order valence-corrected chi connectivity index (χ3v) is 4.05. The van der Waals surface area contributed by atoms with E-state index in [2.05, 4.69) is 23.9 Å². The van der Waals surface area contributed by atoms with Crippen LogP contribution in [0, 0.1) is 12.8 Å². The standard InChI is InChI=1S/C20H21N3O3/c1-12(2)10-16-18(17-9-8-13(3)11-23(17)22-16)19(24)14-6-5-7-15(21-14)20(25)26-4/h5-9,11-12H,10H2,1-4H3. The van der Waals surface area contributed by atoms with Crippen molar-refractivity contribution in [3.63, 3.8) is 0 Å². The summed E-state index contributed by atoms with van der Waals surface area (Å²) in [5, 5.41) is 4.61. The van der Waals surface area contributed by atoms with Gasteiger partial charge in [-0.2, -0.15) is 5.10 Å². The minimum Gasteiger partial charge on any atom is -0.464 e. The van der Waals surface area contributed by atoms with Gasteiger partial charge in [-0.25, -0.2) is 14.3 Å². The van der Waals surface area contributed by atoms with Crippen LogP contribution in [0.4, 0.5) is 0 Å². The highest BCUT2D eigenvalue weighted by molar-refractivity contribution is 6.13. The maximum absolute atomic E-state index is 13.2. The molecule has 3 heterocycles. The van der Waals surface area contributed by atoms with E-state index in [1.54, 1.807) is 16.6 Å². The van der Waals surface area contributed by atoms with E-state index < -0.39 is 5.97 Å². The molecule has 134 valence electrons. The smallest absolute Gasteiger partial charge is 0.356 e. The quantitative estimate of drug-likeness (QED) is 0.521. The van der Waals surface area contributed by atoms with Crippen molar-refractivity contribution >= 4 is 17.3 Å². The van der Waals surface area contributed by atoms with Gasteiger partial charge in [0.1, 0.15) is 11.4 Å². The zero-order chi connectivity index (χ0) is 18.8. The van der Waals surface area contributed by atoms with Crippen LogP contribution in [0.2, 0.25) is 0 Å². The van der Waals surface area contributed by atoms with Gasteiger partial charge < -0.3 is 4.74 Å². The molecule has 0 aliphatic rings. The Hall–Kier alpha value is -3.02. The summed E-state index contributed by atoms with van der Waals surface area (Å²) in [4.78, 5) is 29.1. The number of pyridine rings is 2. The molecule has 3 rings (SSSR count). The Bertz CT molecular complexity index is 989. The number of fused-ring (bicyclic) bond motifs is 1. The molecule has 0 atom stereocenters. The van der Waals surface area contributed by atoms with Gasteiger partial charge in [0.25, 0.3) is 0 Å². The lowest BCUT2D eigenvalue weighted by molar-refractivity contribution is 0.0594. The largest absolute Gasteiger partial charge is 0.464 e. The first-order valence-corrected chi connectivity index (χ1v) is 8.48. The van der Waals surface area contributed by atoms with Gasteiger partial charge in [-0.15, -0.1) is 0 Å². The lowest BCUT2D eigenvalue weighted by Gasteiger charge is -2.06. The Balaban J connectivity index is 2.14. The van der Waals surface area contributed by atoms with Crippen LogP contribution in [0.3, 0.4) is 0 Å². The molecule has 0 aliphatic heterocycles. The number of rotatable bonds is 5. The fourth-order valence-corrected chi connectivity index (χ4v) is 2.89. The molecule has 6 nitrogen and oxygen atoms in total. The summed E-state index contributed by atoms with van der Waals surface area (Å²) in [5.41, 5.74) is 3.38. The number of hydrogen-bond donors (Lipinski definition) is 0. The zero-order valence-corrected chi connectivity index (χ0v) is 15.3. The van der Waals surface area contributed by atoms with E-state index in [0.29, 0.717) is 17.9 Å². The molecule has 0 spiro atoms. The Morgan fingerprint density at radius 3 is 2.58 bits per heavy atom. The summed E-state index contributed by atoms with van der Waals surface area (Å²) in [6, 6.07) is 8.60. The number of esters is 1. The highest BCUT2D eigenvalue weighted by Crippen LogP contribution is 2.22. The van der Waals surface area contributed by atoms with Crippen LogP contribution in [-0.4, -0.2) is 33.5 Å². The van der Waals surface area contributed by atoms with Crippen LogP contribution >= 0.6 is 0 Å². The molecule has 0 saturated heterocycles. The monoisotopic (exact) mass is 351 g/mol. The Morgan fingerprint density at radius 2 is 1.88 bits per heavy atom. The van der Waals surface area contributed by atoms with Crippen molar-refractivity contribution in [1.29, 1.82) is 0 Å². The number of carbonyl (C=O) groups is 2. The minimum absolute atomic E-state index is 0.107. The van der Waals surface area contributed by atoms with Crippen LogP contribution in [0.5, 0.6) is 0 Å². The van der Waals surface area contributed by atoms with E-state index >= 15 is 0 Å². The summed E-state index contributed by atoms with van der Waals surface area (Å²) in [7, 11) is 1.28. The summed E-state index contributed by atoms with van der Waals surface area (Å²) in [6.07, 6.45) is 2.58. The predicted molar refractivity (Wildman–Crippen MR) is 97.5 cm³/mol. The maximum Gasteiger partial charge on any atom is 0.356 e. The van der Waals surface area contributed by atoms with Gasteiger partial charge in [0.15, 0.2) is 0 Å². The number of ketones is 1. The lowest BCUT2D eigenvalue weighted by Crippen LogP contribution is -2.12. The van der Waals surface area contributed by atoms with E-state index in [0.717, 1.165) is 16.8 Å². The fourth-order valence-electron chi connectivity index (χ4n) is 2.89. The number of methoxy groups -OCH3 is 1. The van der Waals surface area contributed by atoms with Crippen molar-refractivity contribution in [1.82, 2.24) is 14.6 Å². The van der Waals surface area contributed by atoms with Crippen LogP contribution in [0.25, 0.3) is 5.52 Å². The lowest BCUT2D eigenvalue weighted by atomic mass is 9.99. The highest BCUT2D eigenvalue weighted by atomic mass is 16.5. The highest BCUT2D eigenvalue weighted by Gasteiger charge is 2.23. The number of ether oxygens (including phenoxy) is 1. The minimum atomic E-state index is -0.572. The van der Waals surface area contributed by atoms with Gasteiger partial charge in [0, 0.05) is 6.20 Å². The van der Waals surface area contributed by atoms with E-state index in [4.69, 9.17) is 4.74 Å². The molecular formula is C20H21N3O3. The molecule has 0 unspecified atom stereocenters. The molecule has 3 aromatic rings. The Morgan fingerprint density at radius 1 is 1.15 bits per heavy atom. The third kappa shape index (κ3) is 3.35. The number of aryl methyl sites for hydroxylation is 1. The third-order valence-electron chi connectivity index (χ3n) is 4.05. The first kappa shape index (κ1) is 17.8. The Kier molecular flexibility index (Phi) is 4.84. The van der Waals surface area contributed by atoms with Crippen molar-refractivity contribution in [3.8, 4) is 0 Å². The second-order valence-electron chi connectivity index (χ2n) is 6.68. The zero-order valence-electron chi connectivity index (χ0n) is 15.3. The number of hydrogen-bond acceptors (Lipinski definition) is 5. The molecular weight excluding hydrogens is 330 g/mol. The summed E-state index contributed by atoms with van der Waals surface area (Å²) in [6.45, 7) is 6.14. The molecule has 0 bridgehead atoms.